The van der Waals surface area contributed by atoms with E-state index in [4.69, 9.17) is 23.7 Å². The van der Waals surface area contributed by atoms with Crippen molar-refractivity contribution in [1.82, 2.24) is 0 Å². The van der Waals surface area contributed by atoms with Crippen molar-refractivity contribution >= 4 is 5.69 Å². The lowest BCUT2D eigenvalue weighted by atomic mass is 10.2. The van der Waals surface area contributed by atoms with Crippen LogP contribution in [-0.2, 0) is 23.7 Å². The Hall–Kier alpha value is -1.18. The van der Waals surface area contributed by atoms with Gasteiger partial charge in [0.05, 0.1) is 66.1 Å². The van der Waals surface area contributed by atoms with Gasteiger partial charge in [-0.1, -0.05) is 17.7 Å². The second kappa shape index (κ2) is 13.1. The van der Waals surface area contributed by atoms with Crippen LogP contribution in [-0.4, -0.2) is 79.2 Å². The maximum absolute atomic E-state index is 5.69. The van der Waals surface area contributed by atoms with E-state index in [0.717, 1.165) is 13.1 Å². The predicted octanol–water partition coefficient (Wildman–Crippen LogP) is 1.90. The highest BCUT2D eigenvalue weighted by atomic mass is 16.6. The average Bonchev–Trinajstić information content (AvgIpc) is 2.62. The molecule has 142 valence electrons. The molecule has 0 amide bonds. The first kappa shape index (κ1) is 20.1. The van der Waals surface area contributed by atoms with Crippen molar-refractivity contribution in [3.05, 3.63) is 29.8 Å². The Labute approximate surface area is 150 Å². The summed E-state index contributed by atoms with van der Waals surface area (Å²) in [6.45, 7) is 9.79. The number of anilines is 1. The van der Waals surface area contributed by atoms with E-state index < -0.39 is 0 Å². The minimum atomic E-state index is 0.584. The molecule has 1 aliphatic rings. The summed E-state index contributed by atoms with van der Waals surface area (Å²) >= 11 is 0. The number of benzene rings is 1. The monoisotopic (exact) mass is 353 g/mol. The van der Waals surface area contributed by atoms with Crippen LogP contribution in [0.4, 0.5) is 5.69 Å². The topological polar surface area (TPSA) is 49.4 Å². The van der Waals surface area contributed by atoms with E-state index in [2.05, 4.69) is 36.1 Å². The number of aryl methyl sites for hydroxylation is 1. The van der Waals surface area contributed by atoms with Crippen molar-refractivity contribution in [2.45, 2.75) is 6.92 Å². The Morgan fingerprint density at radius 2 is 0.920 bits per heavy atom. The first-order valence-electron chi connectivity index (χ1n) is 9.06. The van der Waals surface area contributed by atoms with Crippen LogP contribution in [0, 0.1) is 6.92 Å². The van der Waals surface area contributed by atoms with Crippen molar-refractivity contribution < 1.29 is 23.7 Å². The molecule has 0 radical (unpaired) electrons. The van der Waals surface area contributed by atoms with Gasteiger partial charge in [-0.15, -0.1) is 0 Å². The van der Waals surface area contributed by atoms with Gasteiger partial charge in [-0.3, -0.25) is 0 Å². The van der Waals surface area contributed by atoms with E-state index in [1.54, 1.807) is 0 Å². The molecule has 1 aromatic carbocycles. The smallest absolute Gasteiger partial charge is 0.0701 e. The molecule has 0 unspecified atom stereocenters. The fourth-order valence-corrected chi connectivity index (χ4v) is 2.46. The lowest BCUT2D eigenvalue weighted by molar-refractivity contribution is -0.0116. The van der Waals surface area contributed by atoms with E-state index in [1.165, 1.54) is 11.3 Å². The summed E-state index contributed by atoms with van der Waals surface area (Å²) in [6.07, 6.45) is 0. The van der Waals surface area contributed by atoms with Crippen LogP contribution < -0.4 is 4.90 Å². The van der Waals surface area contributed by atoms with Crippen molar-refractivity contribution in [3.63, 3.8) is 0 Å². The SMILES string of the molecule is Cc1ccc(N2CCOCCOCCOCCOCCOCC2)cc1. The fraction of sp³-hybridized carbons (Fsp3) is 0.684. The standard InChI is InChI=1S/C19H31NO5/c1-18-2-4-19(5-3-18)20-6-8-21-10-12-23-14-16-25-17-15-24-13-11-22-9-7-20/h2-5H,6-17H2,1H3. The second-order valence-corrected chi connectivity index (χ2v) is 5.88. The summed E-state index contributed by atoms with van der Waals surface area (Å²) in [7, 11) is 0. The highest BCUT2D eigenvalue weighted by Gasteiger charge is 2.07. The normalized spacial score (nSPS) is 20.6. The van der Waals surface area contributed by atoms with Gasteiger partial charge in [-0.05, 0) is 19.1 Å². The number of ether oxygens (including phenoxy) is 5. The molecule has 2 rings (SSSR count). The highest BCUT2D eigenvalue weighted by molar-refractivity contribution is 5.47. The molecule has 0 N–H and O–H groups in total. The van der Waals surface area contributed by atoms with Gasteiger partial charge < -0.3 is 28.6 Å². The maximum Gasteiger partial charge on any atom is 0.0701 e. The molecule has 1 fully saturated rings. The van der Waals surface area contributed by atoms with Gasteiger partial charge in [0, 0.05) is 18.8 Å². The molecule has 1 saturated heterocycles. The molecule has 1 aliphatic heterocycles. The Kier molecular flexibility index (Phi) is 10.5. The Morgan fingerprint density at radius 3 is 1.32 bits per heavy atom. The van der Waals surface area contributed by atoms with Crippen LogP contribution >= 0.6 is 0 Å². The zero-order valence-electron chi connectivity index (χ0n) is 15.3. The molecule has 1 heterocycles. The third kappa shape index (κ3) is 9.18. The zero-order chi connectivity index (χ0) is 17.6. The van der Waals surface area contributed by atoms with Crippen LogP contribution in [0.2, 0.25) is 0 Å². The van der Waals surface area contributed by atoms with E-state index in [1.807, 2.05) is 0 Å². The molecule has 6 heteroatoms. The van der Waals surface area contributed by atoms with Crippen molar-refractivity contribution in [3.8, 4) is 0 Å². The number of rotatable bonds is 1. The van der Waals surface area contributed by atoms with Crippen LogP contribution in [0.3, 0.4) is 0 Å². The van der Waals surface area contributed by atoms with E-state index in [0.29, 0.717) is 66.1 Å². The summed E-state index contributed by atoms with van der Waals surface area (Å²) in [6, 6.07) is 8.56. The van der Waals surface area contributed by atoms with Gasteiger partial charge in [0.1, 0.15) is 0 Å². The molecule has 0 spiro atoms. The highest BCUT2D eigenvalue weighted by Crippen LogP contribution is 2.14. The second-order valence-electron chi connectivity index (χ2n) is 5.88. The van der Waals surface area contributed by atoms with Crippen molar-refractivity contribution in [2.24, 2.45) is 0 Å². The maximum atomic E-state index is 5.69. The summed E-state index contributed by atoms with van der Waals surface area (Å²) < 4.78 is 27.7. The number of nitrogens with zero attached hydrogens (tertiary/aromatic N) is 1. The van der Waals surface area contributed by atoms with Crippen LogP contribution in [0.1, 0.15) is 5.56 Å². The summed E-state index contributed by atoms with van der Waals surface area (Å²) in [4.78, 5) is 2.29. The van der Waals surface area contributed by atoms with Crippen molar-refractivity contribution in [1.29, 1.82) is 0 Å². The Bertz CT molecular complexity index is 422. The molecular formula is C19H31NO5. The number of hydrogen-bond acceptors (Lipinski definition) is 6. The molecule has 25 heavy (non-hydrogen) atoms. The molecule has 0 aromatic heterocycles. The third-order valence-corrected chi connectivity index (χ3v) is 3.90. The molecule has 0 bridgehead atoms. The van der Waals surface area contributed by atoms with E-state index in [-0.39, 0.29) is 0 Å². The quantitative estimate of drug-likeness (QED) is 0.769. The zero-order valence-corrected chi connectivity index (χ0v) is 15.3. The predicted molar refractivity (Wildman–Crippen MR) is 97.5 cm³/mol. The minimum Gasteiger partial charge on any atom is -0.377 e. The first-order valence-corrected chi connectivity index (χ1v) is 9.06. The van der Waals surface area contributed by atoms with Gasteiger partial charge in [-0.25, -0.2) is 0 Å². The van der Waals surface area contributed by atoms with Crippen LogP contribution in [0.5, 0.6) is 0 Å². The van der Waals surface area contributed by atoms with E-state index in [9.17, 15) is 0 Å². The molecule has 6 nitrogen and oxygen atoms in total. The average molecular weight is 353 g/mol. The minimum absolute atomic E-state index is 0.584. The summed E-state index contributed by atoms with van der Waals surface area (Å²) in [5.74, 6) is 0. The molecular weight excluding hydrogens is 322 g/mol. The van der Waals surface area contributed by atoms with Gasteiger partial charge in [0.2, 0.25) is 0 Å². The first-order chi connectivity index (χ1) is 12.4. The van der Waals surface area contributed by atoms with Crippen LogP contribution in [0.15, 0.2) is 24.3 Å². The Morgan fingerprint density at radius 1 is 0.560 bits per heavy atom. The van der Waals surface area contributed by atoms with Crippen LogP contribution in [0.25, 0.3) is 0 Å². The largest absolute Gasteiger partial charge is 0.377 e. The lowest BCUT2D eigenvalue weighted by Gasteiger charge is -2.25. The Balaban J connectivity index is 1.80. The molecule has 1 aromatic rings. The summed E-state index contributed by atoms with van der Waals surface area (Å²) in [5, 5.41) is 0. The molecule has 0 atom stereocenters. The molecule has 0 saturated carbocycles. The van der Waals surface area contributed by atoms with Gasteiger partial charge in [0.25, 0.3) is 0 Å². The van der Waals surface area contributed by atoms with Gasteiger partial charge >= 0.3 is 0 Å². The third-order valence-electron chi connectivity index (χ3n) is 3.90. The van der Waals surface area contributed by atoms with Gasteiger partial charge in [0.15, 0.2) is 0 Å². The summed E-state index contributed by atoms with van der Waals surface area (Å²) in [5.41, 5.74) is 2.45. The lowest BCUT2D eigenvalue weighted by Crippen LogP contribution is -2.31. The molecule has 0 aliphatic carbocycles. The van der Waals surface area contributed by atoms with E-state index >= 15 is 0 Å². The van der Waals surface area contributed by atoms with Gasteiger partial charge in [-0.2, -0.15) is 0 Å². The van der Waals surface area contributed by atoms with Crippen molar-refractivity contribution in [2.75, 3.05) is 84.1 Å². The number of hydrogen-bond donors (Lipinski definition) is 0. The fourth-order valence-electron chi connectivity index (χ4n) is 2.46.